The van der Waals surface area contributed by atoms with Crippen molar-refractivity contribution in [2.24, 2.45) is 0 Å². The summed E-state index contributed by atoms with van der Waals surface area (Å²) in [4.78, 5) is 8.63. The van der Waals surface area contributed by atoms with Crippen molar-refractivity contribution in [2.45, 2.75) is 13.8 Å². The molecule has 3 nitrogen and oxygen atoms in total. The molecule has 0 amide bonds. The molecule has 3 heterocycles. The van der Waals surface area contributed by atoms with E-state index in [2.05, 4.69) is 23.1 Å². The molecule has 0 N–H and O–H groups in total. The van der Waals surface area contributed by atoms with Gasteiger partial charge >= 0.3 is 0 Å². The molecule has 0 atom stereocenters. The molecule has 0 aliphatic heterocycles. The molecule has 0 bridgehead atoms. The lowest BCUT2D eigenvalue weighted by Crippen LogP contribution is -1.97. The first-order chi connectivity index (χ1) is 10.3. The van der Waals surface area contributed by atoms with Gasteiger partial charge in [-0.05, 0) is 29.3 Å². The number of pyridine rings is 2. The van der Waals surface area contributed by atoms with Gasteiger partial charge in [0.15, 0.2) is 0 Å². The molecule has 3 aromatic rings. The normalized spacial score (nSPS) is 9.81. The zero-order valence-corrected chi connectivity index (χ0v) is 12.5. The molecule has 0 fully saturated rings. The van der Waals surface area contributed by atoms with Gasteiger partial charge in [0.2, 0.25) is 0 Å². The van der Waals surface area contributed by atoms with E-state index in [1.165, 1.54) is 0 Å². The predicted octanol–water partition coefficient (Wildman–Crippen LogP) is 4.73. The first-order valence-corrected chi connectivity index (χ1v) is 7.00. The highest BCUT2D eigenvalue weighted by Crippen LogP contribution is 2.20. The topological polar surface area (TPSA) is 30.7 Å². The Balaban J connectivity index is 0.000000774. The van der Waals surface area contributed by atoms with Crippen LogP contribution in [-0.4, -0.2) is 14.5 Å². The van der Waals surface area contributed by atoms with Crippen molar-refractivity contribution in [3.63, 3.8) is 0 Å². The van der Waals surface area contributed by atoms with Crippen LogP contribution in [0.2, 0.25) is 0 Å². The fourth-order valence-corrected chi connectivity index (χ4v) is 2.12. The Morgan fingerprint density at radius 2 is 1.81 bits per heavy atom. The molecule has 0 saturated heterocycles. The summed E-state index contributed by atoms with van der Waals surface area (Å²) in [5, 5.41) is 1.14. The van der Waals surface area contributed by atoms with E-state index in [0.29, 0.717) is 0 Å². The second kappa shape index (κ2) is 6.66. The maximum atomic E-state index is 4.47. The second-order valence-corrected chi connectivity index (χ2v) is 4.20. The van der Waals surface area contributed by atoms with Crippen LogP contribution >= 0.6 is 0 Å². The van der Waals surface area contributed by atoms with Gasteiger partial charge in [-0.15, -0.1) is 0 Å². The van der Waals surface area contributed by atoms with Crippen molar-refractivity contribution >= 4 is 23.1 Å². The third kappa shape index (κ3) is 2.77. The maximum absolute atomic E-state index is 4.47. The molecule has 0 radical (unpaired) electrons. The van der Waals surface area contributed by atoms with Gasteiger partial charge in [-0.1, -0.05) is 39.2 Å². The summed E-state index contributed by atoms with van der Waals surface area (Å²) in [6.45, 7) is 11.6. The fraction of sp³-hybridized carbons (Fsp3) is 0.111. The average molecular weight is 277 g/mol. The molecule has 3 rings (SSSR count). The highest BCUT2D eigenvalue weighted by molar-refractivity contribution is 5.80. The van der Waals surface area contributed by atoms with Crippen molar-refractivity contribution < 1.29 is 0 Å². The van der Waals surface area contributed by atoms with E-state index < -0.39 is 0 Å². The van der Waals surface area contributed by atoms with Crippen LogP contribution < -0.4 is 0 Å². The van der Waals surface area contributed by atoms with Crippen molar-refractivity contribution in [1.29, 1.82) is 0 Å². The van der Waals surface area contributed by atoms with Crippen LogP contribution in [0, 0.1) is 0 Å². The Kier molecular flexibility index (Phi) is 4.67. The third-order valence-corrected chi connectivity index (χ3v) is 3.14. The van der Waals surface area contributed by atoms with Gasteiger partial charge in [-0.2, -0.15) is 0 Å². The Morgan fingerprint density at radius 3 is 2.52 bits per heavy atom. The minimum Gasteiger partial charge on any atom is -0.300 e. The average Bonchev–Trinajstić information content (AvgIpc) is 3.00. The number of hydrogen-bond donors (Lipinski definition) is 0. The van der Waals surface area contributed by atoms with Crippen LogP contribution in [0.5, 0.6) is 0 Å². The molecule has 0 saturated carbocycles. The monoisotopic (exact) mass is 277 g/mol. The van der Waals surface area contributed by atoms with Crippen LogP contribution in [-0.2, 0) is 0 Å². The van der Waals surface area contributed by atoms with E-state index in [1.54, 1.807) is 12.3 Å². The van der Waals surface area contributed by atoms with E-state index >= 15 is 0 Å². The quantitative estimate of drug-likeness (QED) is 0.692. The van der Waals surface area contributed by atoms with Crippen LogP contribution in [0.4, 0.5) is 0 Å². The zero-order valence-electron chi connectivity index (χ0n) is 12.5. The van der Waals surface area contributed by atoms with Gasteiger partial charge in [0.1, 0.15) is 5.82 Å². The summed E-state index contributed by atoms with van der Waals surface area (Å²) in [6, 6.07) is 6.03. The van der Waals surface area contributed by atoms with Gasteiger partial charge in [0.25, 0.3) is 0 Å². The number of rotatable bonds is 3. The fourth-order valence-electron chi connectivity index (χ4n) is 2.12. The van der Waals surface area contributed by atoms with Crippen LogP contribution in [0.25, 0.3) is 28.9 Å². The molecule has 0 unspecified atom stereocenters. The van der Waals surface area contributed by atoms with Crippen molar-refractivity contribution in [3.8, 4) is 5.82 Å². The van der Waals surface area contributed by atoms with Gasteiger partial charge < -0.3 is 0 Å². The highest BCUT2D eigenvalue weighted by atomic mass is 15.1. The number of aromatic nitrogens is 3. The number of hydrogen-bond acceptors (Lipinski definition) is 2. The largest absolute Gasteiger partial charge is 0.300 e. The number of fused-ring (bicyclic) bond motifs is 1. The lowest BCUT2D eigenvalue weighted by atomic mass is 10.1. The molecule has 21 heavy (non-hydrogen) atoms. The van der Waals surface area contributed by atoms with Crippen molar-refractivity contribution in [3.05, 3.63) is 67.3 Å². The molecule has 0 aliphatic carbocycles. The molecule has 3 heteroatoms. The summed E-state index contributed by atoms with van der Waals surface area (Å²) in [5.41, 5.74) is 3.04. The highest BCUT2D eigenvalue weighted by Gasteiger charge is 2.06. The van der Waals surface area contributed by atoms with E-state index in [0.717, 1.165) is 27.8 Å². The SMILES string of the molecule is C=Cc1cnc(-n2ccc3ccncc32)cc1C=C.CC. The molecular weight excluding hydrogens is 258 g/mol. The standard InChI is InChI=1S/C16H13N3.C2H6/c1-3-12-9-16(18-10-13(12)4-2)19-8-6-14-5-7-17-11-15(14)19;1-2/h3-11H,1-2H2;1-2H3. The van der Waals surface area contributed by atoms with Gasteiger partial charge in [0.05, 0.1) is 11.7 Å². The van der Waals surface area contributed by atoms with E-state index in [1.807, 2.05) is 61.3 Å². The van der Waals surface area contributed by atoms with Crippen LogP contribution in [0.15, 0.2) is 56.1 Å². The number of nitrogens with zero attached hydrogens (tertiary/aromatic N) is 3. The van der Waals surface area contributed by atoms with Gasteiger partial charge in [-0.3, -0.25) is 9.55 Å². The molecular formula is C18H19N3. The van der Waals surface area contributed by atoms with E-state index in [9.17, 15) is 0 Å². The van der Waals surface area contributed by atoms with Crippen LogP contribution in [0.1, 0.15) is 25.0 Å². The maximum Gasteiger partial charge on any atom is 0.137 e. The molecule has 0 spiro atoms. The van der Waals surface area contributed by atoms with Crippen molar-refractivity contribution in [2.75, 3.05) is 0 Å². The summed E-state index contributed by atoms with van der Waals surface area (Å²) in [7, 11) is 0. The lowest BCUT2D eigenvalue weighted by molar-refractivity contribution is 1.04. The van der Waals surface area contributed by atoms with E-state index in [-0.39, 0.29) is 0 Å². The Bertz CT molecular complexity index is 769. The summed E-state index contributed by atoms with van der Waals surface area (Å²) in [6.07, 6.45) is 11.0. The molecule has 0 aromatic carbocycles. The predicted molar refractivity (Wildman–Crippen MR) is 90.4 cm³/mol. The lowest BCUT2D eigenvalue weighted by Gasteiger charge is -2.07. The zero-order chi connectivity index (χ0) is 15.2. The molecule has 3 aromatic heterocycles. The second-order valence-electron chi connectivity index (χ2n) is 4.20. The Morgan fingerprint density at radius 1 is 1.05 bits per heavy atom. The van der Waals surface area contributed by atoms with Gasteiger partial charge in [0, 0.05) is 24.0 Å². The molecule has 106 valence electrons. The first-order valence-electron chi connectivity index (χ1n) is 7.00. The summed E-state index contributed by atoms with van der Waals surface area (Å²) >= 11 is 0. The van der Waals surface area contributed by atoms with Gasteiger partial charge in [-0.25, -0.2) is 4.98 Å². The smallest absolute Gasteiger partial charge is 0.137 e. The first kappa shape index (κ1) is 14.7. The Hall–Kier alpha value is -2.68. The summed E-state index contributed by atoms with van der Waals surface area (Å²) in [5.74, 6) is 0.850. The minimum atomic E-state index is 0.850. The van der Waals surface area contributed by atoms with Crippen molar-refractivity contribution in [1.82, 2.24) is 14.5 Å². The molecule has 0 aliphatic rings. The Labute approximate surface area is 125 Å². The third-order valence-electron chi connectivity index (χ3n) is 3.14. The summed E-state index contributed by atoms with van der Waals surface area (Å²) < 4.78 is 2.02. The van der Waals surface area contributed by atoms with E-state index in [4.69, 9.17) is 0 Å². The van der Waals surface area contributed by atoms with Crippen LogP contribution in [0.3, 0.4) is 0 Å². The minimum absolute atomic E-state index is 0.850.